The molecule has 0 spiro atoms. The van der Waals surface area contributed by atoms with Crippen molar-refractivity contribution in [3.63, 3.8) is 0 Å². The summed E-state index contributed by atoms with van der Waals surface area (Å²) in [4.78, 5) is 34.2. The van der Waals surface area contributed by atoms with Gasteiger partial charge in [-0.15, -0.1) is 0 Å². The maximum Gasteiger partial charge on any atom is 0.316 e. The fourth-order valence-electron chi connectivity index (χ4n) is 3.17. The van der Waals surface area contributed by atoms with Crippen molar-refractivity contribution in [1.29, 1.82) is 0 Å². The van der Waals surface area contributed by atoms with E-state index in [1.807, 2.05) is 49.4 Å². The maximum absolute atomic E-state index is 13.5. The molecule has 0 radical (unpaired) electrons. The van der Waals surface area contributed by atoms with E-state index in [-0.39, 0.29) is 24.1 Å². The molecule has 1 amide bonds. The summed E-state index contributed by atoms with van der Waals surface area (Å²) in [7, 11) is 0. The number of hydrogen-bond donors (Lipinski definition) is 0. The lowest BCUT2D eigenvalue weighted by Crippen LogP contribution is -3.00. The first kappa shape index (κ1) is 24.2. The van der Waals surface area contributed by atoms with Crippen LogP contribution in [0.3, 0.4) is 0 Å². The molecule has 0 unspecified atom stereocenters. The Balaban J connectivity index is 0.00000306. The van der Waals surface area contributed by atoms with Gasteiger partial charge in [-0.2, -0.15) is 0 Å². The van der Waals surface area contributed by atoms with Gasteiger partial charge in [0.1, 0.15) is 0 Å². The van der Waals surface area contributed by atoms with Gasteiger partial charge in [0.15, 0.2) is 10.4 Å². The maximum atomic E-state index is 13.5. The second-order valence-electron chi connectivity index (χ2n) is 7.24. The van der Waals surface area contributed by atoms with Gasteiger partial charge in [-0.25, -0.2) is 9.97 Å². The Bertz CT molecular complexity index is 1280. The molecular formula is C25H20BrClN4O2. The molecule has 2 heterocycles. The van der Waals surface area contributed by atoms with E-state index in [2.05, 4.69) is 25.9 Å². The normalized spacial score (nSPS) is 10.3. The Kier molecular flexibility index (Phi) is 7.68. The van der Waals surface area contributed by atoms with Crippen molar-refractivity contribution in [2.45, 2.75) is 13.8 Å². The molecule has 0 saturated heterocycles. The molecule has 0 saturated carbocycles. The van der Waals surface area contributed by atoms with Crippen molar-refractivity contribution in [1.82, 2.24) is 9.97 Å². The number of halogens is 2. The van der Waals surface area contributed by atoms with Gasteiger partial charge >= 0.3 is 5.91 Å². The zero-order valence-electron chi connectivity index (χ0n) is 17.9. The number of carbonyl (C=O) groups excluding carboxylic acids is 2. The Morgan fingerprint density at radius 1 is 0.909 bits per heavy atom. The van der Waals surface area contributed by atoms with E-state index in [4.69, 9.17) is 0 Å². The van der Waals surface area contributed by atoms with Gasteiger partial charge in [0.2, 0.25) is 18.2 Å². The zero-order valence-corrected chi connectivity index (χ0v) is 20.3. The molecule has 8 heteroatoms. The van der Waals surface area contributed by atoms with E-state index in [9.17, 15) is 9.59 Å². The summed E-state index contributed by atoms with van der Waals surface area (Å²) in [5.74, 6) is 0.120. The van der Waals surface area contributed by atoms with Crippen molar-refractivity contribution in [2.24, 2.45) is 0 Å². The molecule has 4 aromatic rings. The first-order valence-corrected chi connectivity index (χ1v) is 10.7. The number of amides is 1. The van der Waals surface area contributed by atoms with E-state index < -0.39 is 0 Å². The molecule has 33 heavy (non-hydrogen) atoms. The van der Waals surface area contributed by atoms with Crippen molar-refractivity contribution >= 4 is 33.4 Å². The van der Waals surface area contributed by atoms with Gasteiger partial charge in [-0.1, -0.05) is 57.7 Å². The molecule has 0 aliphatic carbocycles. The average Bonchev–Trinajstić information content (AvgIpc) is 2.81. The predicted octanol–water partition coefficient (Wildman–Crippen LogP) is 1.82. The number of hydrogen-bond acceptors (Lipinski definition) is 4. The number of nitrogens with zero attached hydrogens (tertiary/aromatic N) is 4. The van der Waals surface area contributed by atoms with Crippen molar-refractivity contribution in [2.75, 3.05) is 5.01 Å². The number of ketones is 1. The molecule has 6 nitrogen and oxygen atoms in total. The third kappa shape index (κ3) is 5.32. The smallest absolute Gasteiger partial charge is 0.316 e. The highest BCUT2D eigenvalue weighted by Crippen LogP contribution is 2.26. The number of benzene rings is 2. The van der Waals surface area contributed by atoms with Crippen LogP contribution in [0, 0.1) is 6.92 Å². The lowest BCUT2D eigenvalue weighted by Gasteiger charge is -2.16. The van der Waals surface area contributed by atoms with Gasteiger partial charge in [-0.3, -0.25) is 9.59 Å². The first-order valence-electron chi connectivity index (χ1n) is 9.95. The topological polar surface area (TPSA) is 67.0 Å². The number of pyridine rings is 1. The van der Waals surface area contributed by atoms with Gasteiger partial charge in [0, 0.05) is 28.8 Å². The van der Waals surface area contributed by atoms with Crippen molar-refractivity contribution < 1.29 is 26.7 Å². The number of rotatable bonds is 5. The molecule has 0 bridgehead atoms. The summed E-state index contributed by atoms with van der Waals surface area (Å²) in [5.41, 5.74) is 3.67. The number of anilines is 1. The van der Waals surface area contributed by atoms with Crippen LogP contribution in [-0.2, 0) is 0 Å². The van der Waals surface area contributed by atoms with Crippen LogP contribution in [0.25, 0.3) is 11.3 Å². The fraction of sp³-hybridized carbons (Fsp3) is 0.0800. The highest BCUT2D eigenvalue weighted by atomic mass is 79.9. The van der Waals surface area contributed by atoms with Crippen molar-refractivity contribution in [3.05, 3.63) is 107 Å². The lowest BCUT2D eigenvalue weighted by atomic mass is 10.1. The molecule has 0 N–H and O–H groups in total. The highest BCUT2D eigenvalue weighted by molar-refractivity contribution is 9.10. The summed E-state index contributed by atoms with van der Waals surface area (Å²) < 4.78 is 2.08. The second-order valence-corrected chi connectivity index (χ2v) is 7.99. The number of aryl methyl sites for hydroxylation is 1. The molecule has 2 aromatic carbocycles. The van der Waals surface area contributed by atoms with E-state index in [0.717, 1.165) is 11.1 Å². The Morgan fingerprint density at radius 2 is 1.52 bits per heavy atom. The van der Waals surface area contributed by atoms with Crippen LogP contribution in [0.2, 0.25) is 0 Å². The third-order valence-corrected chi connectivity index (χ3v) is 5.45. The van der Waals surface area contributed by atoms with Gasteiger partial charge in [0.05, 0.1) is 11.9 Å². The summed E-state index contributed by atoms with van der Waals surface area (Å²) >= 11 is 3.50. The summed E-state index contributed by atoms with van der Waals surface area (Å²) in [5, 5.41) is 1.46. The van der Waals surface area contributed by atoms with Crippen LogP contribution in [0.1, 0.15) is 33.2 Å². The average molecular weight is 524 g/mol. The quantitative estimate of drug-likeness (QED) is 0.296. The van der Waals surface area contributed by atoms with Crippen LogP contribution >= 0.6 is 15.9 Å². The summed E-state index contributed by atoms with van der Waals surface area (Å²) in [6.45, 7) is 3.50. The minimum atomic E-state index is -0.241. The molecule has 4 rings (SSSR count). The van der Waals surface area contributed by atoms with Crippen LogP contribution < -0.4 is 22.1 Å². The van der Waals surface area contributed by atoms with Gasteiger partial charge in [-0.05, 0) is 41.9 Å². The number of carbonyl (C=O) groups is 2. The molecule has 166 valence electrons. The minimum Gasteiger partial charge on any atom is -1.00 e. The largest absolute Gasteiger partial charge is 1.00 e. The Morgan fingerprint density at radius 3 is 2.09 bits per heavy atom. The predicted molar refractivity (Wildman–Crippen MR) is 125 cm³/mol. The summed E-state index contributed by atoms with van der Waals surface area (Å²) in [6.07, 6.45) is 5.16. The number of Topliss-reactive ketones (excluding diaryl/α,β-unsaturated/α-hetero) is 1. The third-order valence-electron chi connectivity index (χ3n) is 4.92. The molecule has 0 fully saturated rings. The van der Waals surface area contributed by atoms with Crippen molar-refractivity contribution in [3.8, 4) is 11.3 Å². The first-order chi connectivity index (χ1) is 15.4. The molecular weight excluding hydrogens is 504 g/mol. The van der Waals surface area contributed by atoms with Gasteiger partial charge in [0.25, 0.3) is 0 Å². The van der Waals surface area contributed by atoms with Crippen LogP contribution in [0.4, 0.5) is 5.82 Å². The molecule has 0 aliphatic rings. The Hall–Kier alpha value is -3.42. The van der Waals surface area contributed by atoms with E-state index in [0.29, 0.717) is 27.2 Å². The molecule has 0 aliphatic heterocycles. The van der Waals surface area contributed by atoms with Crippen LogP contribution in [0.15, 0.2) is 89.9 Å². The highest BCUT2D eigenvalue weighted by Gasteiger charge is 2.30. The number of aromatic nitrogens is 3. The fourth-order valence-corrected chi connectivity index (χ4v) is 3.63. The van der Waals surface area contributed by atoms with Crippen LogP contribution in [-0.4, -0.2) is 21.7 Å². The van der Waals surface area contributed by atoms with E-state index in [1.165, 1.54) is 11.9 Å². The zero-order chi connectivity index (χ0) is 22.7. The second kappa shape index (κ2) is 10.5. The van der Waals surface area contributed by atoms with Gasteiger partial charge < -0.3 is 12.4 Å². The Labute approximate surface area is 206 Å². The SMILES string of the molecule is CC(=O)c1ccc(-c2cnc(N(C(=O)c3ccc(C)cc3)[n+]3ccccc3)c(Br)n2)cc1.[Cl-]. The lowest BCUT2D eigenvalue weighted by molar-refractivity contribution is -0.674. The van der Waals surface area contributed by atoms with E-state index >= 15 is 0 Å². The van der Waals surface area contributed by atoms with E-state index in [1.54, 1.807) is 47.5 Å². The molecule has 0 atom stereocenters. The monoisotopic (exact) mass is 522 g/mol. The summed E-state index contributed by atoms with van der Waals surface area (Å²) in [6, 6.07) is 20.1. The molecule has 2 aromatic heterocycles. The minimum absolute atomic E-state index is 0. The van der Waals surface area contributed by atoms with Crippen LogP contribution in [0.5, 0.6) is 0 Å². The standard InChI is InChI=1S/C25H20BrN4O2.ClH/c1-17-6-8-21(9-7-17)25(32)30(29-14-4-3-5-15-29)24-23(26)28-22(16-27-24)20-12-10-19(11-13-20)18(2)31;/h3-16H,1-2H3;1H/q+1;/p-1.